The number of piperazine rings is 1. The number of carbonyl (C=O) groups excluding carboxylic acids is 1. The van der Waals surface area contributed by atoms with Gasteiger partial charge in [0.25, 0.3) is 5.91 Å². The molecule has 0 aliphatic carbocycles. The molecule has 2 aromatic heterocycles. The van der Waals surface area contributed by atoms with Gasteiger partial charge in [0.2, 0.25) is 0 Å². The summed E-state index contributed by atoms with van der Waals surface area (Å²) in [6.07, 6.45) is 0. The third-order valence-electron chi connectivity index (χ3n) is 4.24. The van der Waals surface area contributed by atoms with Crippen LogP contribution in [0.15, 0.2) is 30.3 Å². The molecule has 0 bridgehead atoms. The molecule has 0 atom stereocenters. The van der Waals surface area contributed by atoms with Crippen LogP contribution in [0.4, 0.5) is 0 Å². The van der Waals surface area contributed by atoms with E-state index in [2.05, 4.69) is 10.4 Å². The normalized spacial score (nSPS) is 14.6. The van der Waals surface area contributed by atoms with Crippen LogP contribution in [0.25, 0.3) is 15.9 Å². The van der Waals surface area contributed by atoms with Gasteiger partial charge in [-0.15, -0.1) is 23.7 Å². The second-order valence-corrected chi connectivity index (χ2v) is 7.26. The predicted molar refractivity (Wildman–Crippen MR) is 105 cm³/mol. The van der Waals surface area contributed by atoms with E-state index in [-0.39, 0.29) is 18.3 Å². The maximum absolute atomic E-state index is 12.7. The number of rotatable bonds is 2. The SMILES string of the molecule is Cc1nn(-c2ccccc2Cl)c2sc(C(=O)N3CCNCC3)cc12.Cl. The van der Waals surface area contributed by atoms with Crippen molar-refractivity contribution in [2.75, 3.05) is 26.2 Å². The summed E-state index contributed by atoms with van der Waals surface area (Å²) in [4.78, 5) is 16.4. The fourth-order valence-corrected chi connectivity index (χ4v) is 4.32. The van der Waals surface area contributed by atoms with Gasteiger partial charge >= 0.3 is 0 Å². The van der Waals surface area contributed by atoms with E-state index >= 15 is 0 Å². The number of hydrogen-bond donors (Lipinski definition) is 1. The van der Waals surface area contributed by atoms with Crippen LogP contribution in [-0.4, -0.2) is 46.8 Å². The largest absolute Gasteiger partial charge is 0.335 e. The minimum Gasteiger partial charge on any atom is -0.335 e. The molecule has 1 N–H and O–H groups in total. The Morgan fingerprint density at radius 1 is 1.28 bits per heavy atom. The maximum Gasteiger partial charge on any atom is 0.264 e. The van der Waals surface area contributed by atoms with Crippen LogP contribution in [0.3, 0.4) is 0 Å². The van der Waals surface area contributed by atoms with Crippen LogP contribution in [0.5, 0.6) is 0 Å². The molecule has 5 nitrogen and oxygen atoms in total. The molecule has 1 saturated heterocycles. The Balaban J connectivity index is 0.00000182. The van der Waals surface area contributed by atoms with E-state index in [4.69, 9.17) is 11.6 Å². The zero-order valence-electron chi connectivity index (χ0n) is 13.7. The van der Waals surface area contributed by atoms with Gasteiger partial charge in [0.1, 0.15) is 4.83 Å². The first-order chi connectivity index (χ1) is 11.6. The number of fused-ring (bicyclic) bond motifs is 1. The molecular formula is C17H18Cl2N4OS. The molecule has 0 spiro atoms. The number of benzene rings is 1. The number of carbonyl (C=O) groups is 1. The first-order valence-corrected chi connectivity index (χ1v) is 9.08. The molecule has 132 valence electrons. The van der Waals surface area contributed by atoms with Gasteiger partial charge in [-0.3, -0.25) is 4.79 Å². The Labute approximate surface area is 161 Å². The summed E-state index contributed by atoms with van der Waals surface area (Å²) in [5, 5.41) is 9.53. The number of thiophene rings is 1. The third-order valence-corrected chi connectivity index (χ3v) is 5.66. The van der Waals surface area contributed by atoms with Crippen molar-refractivity contribution < 1.29 is 4.79 Å². The van der Waals surface area contributed by atoms with E-state index < -0.39 is 0 Å². The van der Waals surface area contributed by atoms with Crippen LogP contribution < -0.4 is 5.32 Å². The average molecular weight is 397 g/mol. The second kappa shape index (κ2) is 7.33. The third kappa shape index (κ3) is 3.27. The van der Waals surface area contributed by atoms with Crippen LogP contribution >= 0.6 is 35.3 Å². The highest BCUT2D eigenvalue weighted by molar-refractivity contribution is 7.20. The number of nitrogens with zero attached hydrogens (tertiary/aromatic N) is 3. The lowest BCUT2D eigenvalue weighted by Gasteiger charge is -2.26. The van der Waals surface area contributed by atoms with Gasteiger partial charge in [-0.25, -0.2) is 4.68 Å². The number of hydrogen-bond acceptors (Lipinski definition) is 4. The lowest BCUT2D eigenvalue weighted by molar-refractivity contribution is 0.0741. The first-order valence-electron chi connectivity index (χ1n) is 7.89. The average Bonchev–Trinajstić information content (AvgIpc) is 3.17. The van der Waals surface area contributed by atoms with Gasteiger partial charge in [-0.2, -0.15) is 5.10 Å². The molecule has 1 aliphatic rings. The molecule has 1 amide bonds. The van der Waals surface area contributed by atoms with Gasteiger partial charge in [0.15, 0.2) is 0 Å². The van der Waals surface area contributed by atoms with Crippen molar-refractivity contribution in [2.24, 2.45) is 0 Å². The summed E-state index contributed by atoms with van der Waals surface area (Å²) in [5.41, 5.74) is 1.74. The van der Waals surface area contributed by atoms with Crippen molar-refractivity contribution in [3.63, 3.8) is 0 Å². The lowest BCUT2D eigenvalue weighted by atomic mass is 10.2. The Hall–Kier alpha value is -1.60. The molecule has 3 aromatic rings. The Morgan fingerprint density at radius 2 is 2.00 bits per heavy atom. The molecule has 0 radical (unpaired) electrons. The molecule has 0 saturated carbocycles. The molecule has 0 unspecified atom stereocenters. The zero-order chi connectivity index (χ0) is 16.7. The number of para-hydroxylation sites is 1. The smallest absolute Gasteiger partial charge is 0.264 e. The van der Waals surface area contributed by atoms with E-state index in [1.807, 2.05) is 46.8 Å². The van der Waals surface area contributed by atoms with E-state index in [9.17, 15) is 4.79 Å². The summed E-state index contributed by atoms with van der Waals surface area (Å²) in [6, 6.07) is 9.57. The zero-order valence-corrected chi connectivity index (χ0v) is 16.0. The van der Waals surface area contributed by atoms with Gasteiger partial charge < -0.3 is 10.2 Å². The monoisotopic (exact) mass is 396 g/mol. The number of halogens is 2. The van der Waals surface area contributed by atoms with Crippen LogP contribution in [-0.2, 0) is 0 Å². The van der Waals surface area contributed by atoms with E-state index in [0.717, 1.165) is 52.7 Å². The van der Waals surface area contributed by atoms with Crippen LogP contribution in [0.2, 0.25) is 5.02 Å². The summed E-state index contributed by atoms with van der Waals surface area (Å²) in [7, 11) is 0. The fourth-order valence-electron chi connectivity index (χ4n) is 2.96. The van der Waals surface area contributed by atoms with Gasteiger partial charge in [0, 0.05) is 31.6 Å². The molecule has 8 heteroatoms. The highest BCUT2D eigenvalue weighted by atomic mass is 35.5. The van der Waals surface area contributed by atoms with E-state index in [0.29, 0.717) is 5.02 Å². The van der Waals surface area contributed by atoms with E-state index in [1.54, 1.807) is 0 Å². The lowest BCUT2D eigenvalue weighted by Crippen LogP contribution is -2.46. The van der Waals surface area contributed by atoms with Crippen molar-refractivity contribution >= 4 is 51.5 Å². The molecular weight excluding hydrogens is 379 g/mol. The highest BCUT2D eigenvalue weighted by Gasteiger charge is 2.22. The van der Waals surface area contributed by atoms with Gasteiger partial charge in [0.05, 0.1) is 21.3 Å². The molecule has 1 aromatic carbocycles. The van der Waals surface area contributed by atoms with E-state index in [1.165, 1.54) is 11.3 Å². The van der Waals surface area contributed by atoms with Crippen molar-refractivity contribution in [1.29, 1.82) is 0 Å². The fraction of sp³-hybridized carbons (Fsp3) is 0.294. The summed E-state index contributed by atoms with van der Waals surface area (Å²) < 4.78 is 1.84. The molecule has 25 heavy (non-hydrogen) atoms. The summed E-state index contributed by atoms with van der Waals surface area (Å²) >= 11 is 7.80. The second-order valence-electron chi connectivity index (χ2n) is 5.82. The maximum atomic E-state index is 12.7. The van der Waals surface area contributed by atoms with Crippen LogP contribution in [0, 0.1) is 6.92 Å². The van der Waals surface area contributed by atoms with Crippen molar-refractivity contribution in [3.05, 3.63) is 45.9 Å². The Morgan fingerprint density at radius 3 is 2.72 bits per heavy atom. The molecule has 1 fully saturated rings. The van der Waals surface area contributed by atoms with Crippen LogP contribution in [0.1, 0.15) is 15.4 Å². The predicted octanol–water partition coefficient (Wildman–Crippen LogP) is 3.52. The standard InChI is InChI=1S/C17H17ClN4OS.ClH/c1-11-12-10-15(16(23)21-8-6-19-7-9-21)24-17(12)22(20-11)14-5-3-2-4-13(14)18;/h2-5,10,19H,6-9H2,1H3;1H. The minimum absolute atomic E-state index is 0. The van der Waals surface area contributed by atoms with Gasteiger partial charge in [-0.05, 0) is 25.1 Å². The van der Waals surface area contributed by atoms with Gasteiger partial charge in [-0.1, -0.05) is 23.7 Å². The number of aromatic nitrogens is 2. The van der Waals surface area contributed by atoms with Crippen molar-refractivity contribution in [2.45, 2.75) is 6.92 Å². The number of amides is 1. The van der Waals surface area contributed by atoms with Crippen molar-refractivity contribution in [1.82, 2.24) is 20.0 Å². The molecule has 4 rings (SSSR count). The topological polar surface area (TPSA) is 50.2 Å². The Kier molecular flexibility index (Phi) is 5.34. The van der Waals surface area contributed by atoms with Crippen molar-refractivity contribution in [3.8, 4) is 5.69 Å². The molecule has 3 heterocycles. The Bertz CT molecular complexity index is 915. The minimum atomic E-state index is 0. The quantitative estimate of drug-likeness (QED) is 0.720. The summed E-state index contributed by atoms with van der Waals surface area (Å²) in [5.74, 6) is 0.0998. The number of aryl methyl sites for hydroxylation is 1. The highest BCUT2D eigenvalue weighted by Crippen LogP contribution is 2.32. The summed E-state index contributed by atoms with van der Waals surface area (Å²) in [6.45, 7) is 5.17. The first kappa shape index (κ1) is 18.2. The number of nitrogens with one attached hydrogen (secondary N) is 1. The molecule has 1 aliphatic heterocycles.